The summed E-state index contributed by atoms with van der Waals surface area (Å²) in [4.78, 5) is 10.7. The number of carbonyl (C=O) groups is 1. The van der Waals surface area contributed by atoms with Crippen LogP contribution in [0.3, 0.4) is 0 Å². The second kappa shape index (κ2) is 9.47. The predicted octanol–water partition coefficient (Wildman–Crippen LogP) is 3.48. The summed E-state index contributed by atoms with van der Waals surface area (Å²) in [6.07, 6.45) is 1.29. The standard InChI is InChI=1S/C21H23F2N3O2S/c1-28-17(14-27)13-26-21(10-5-11-24,15-6-3-2-4-7-15)29-20(25-26)18-12-16(22)8-9-19(18)23/h2-4,6-9,12,14,17H,5,10-11,13,24H2,1H3/t17-,21-/m0/s1. The van der Waals surface area contributed by atoms with Crippen LogP contribution in [-0.4, -0.2) is 42.6 Å². The second-order valence-corrected chi connectivity index (χ2v) is 7.93. The van der Waals surface area contributed by atoms with E-state index in [0.717, 1.165) is 23.8 Å². The summed E-state index contributed by atoms with van der Waals surface area (Å²) in [5.74, 6) is -1.10. The van der Waals surface area contributed by atoms with Crippen LogP contribution in [0.1, 0.15) is 24.0 Å². The van der Waals surface area contributed by atoms with E-state index in [9.17, 15) is 13.6 Å². The molecule has 0 aliphatic carbocycles. The van der Waals surface area contributed by atoms with Crippen molar-refractivity contribution in [1.29, 1.82) is 0 Å². The third-order valence-corrected chi connectivity index (χ3v) is 6.29. The number of methoxy groups -OCH3 is 1. The molecule has 0 unspecified atom stereocenters. The van der Waals surface area contributed by atoms with Gasteiger partial charge < -0.3 is 15.3 Å². The highest BCUT2D eigenvalue weighted by Gasteiger charge is 2.46. The number of nitrogens with two attached hydrogens (primary N) is 1. The Morgan fingerprint density at radius 2 is 2.03 bits per heavy atom. The number of hydrogen-bond donors (Lipinski definition) is 1. The zero-order chi connectivity index (χ0) is 20.9. The number of carbonyl (C=O) groups excluding carboxylic acids is 1. The third-order valence-electron chi connectivity index (χ3n) is 4.80. The molecule has 0 fully saturated rings. The van der Waals surface area contributed by atoms with Crippen LogP contribution in [-0.2, 0) is 14.4 Å². The molecule has 5 nitrogen and oxygen atoms in total. The lowest BCUT2D eigenvalue weighted by Crippen LogP contribution is -2.42. The minimum absolute atomic E-state index is 0.0885. The van der Waals surface area contributed by atoms with Gasteiger partial charge in [0, 0.05) is 12.7 Å². The van der Waals surface area contributed by atoms with Crippen molar-refractivity contribution in [1.82, 2.24) is 5.01 Å². The van der Waals surface area contributed by atoms with Crippen LogP contribution in [0.4, 0.5) is 8.78 Å². The molecule has 2 N–H and O–H groups in total. The van der Waals surface area contributed by atoms with Crippen molar-refractivity contribution in [2.24, 2.45) is 10.8 Å². The van der Waals surface area contributed by atoms with Crippen molar-refractivity contribution >= 4 is 23.1 Å². The number of halogens is 2. The maximum Gasteiger partial charge on any atom is 0.150 e. The molecule has 1 heterocycles. The van der Waals surface area contributed by atoms with Crippen LogP contribution < -0.4 is 5.73 Å². The Balaban J connectivity index is 2.09. The molecule has 2 atom stereocenters. The molecule has 0 saturated heterocycles. The van der Waals surface area contributed by atoms with Gasteiger partial charge in [-0.2, -0.15) is 5.10 Å². The van der Waals surface area contributed by atoms with Crippen molar-refractivity contribution in [2.75, 3.05) is 20.2 Å². The molecule has 1 aliphatic heterocycles. The topological polar surface area (TPSA) is 67.9 Å². The number of ether oxygens (including phenoxy) is 1. The van der Waals surface area contributed by atoms with Gasteiger partial charge in [0.15, 0.2) is 6.29 Å². The van der Waals surface area contributed by atoms with Gasteiger partial charge in [-0.15, -0.1) is 0 Å². The summed E-state index contributed by atoms with van der Waals surface area (Å²) in [5, 5.41) is 6.70. The molecule has 1 aliphatic rings. The third kappa shape index (κ3) is 4.49. The largest absolute Gasteiger partial charge is 0.372 e. The fraction of sp³-hybridized carbons (Fsp3) is 0.333. The molecule has 0 spiro atoms. The monoisotopic (exact) mass is 419 g/mol. The Bertz CT molecular complexity index is 881. The highest BCUT2D eigenvalue weighted by molar-refractivity contribution is 8.15. The molecule has 8 heteroatoms. The molecule has 29 heavy (non-hydrogen) atoms. The highest BCUT2D eigenvalue weighted by atomic mass is 32.2. The summed E-state index contributed by atoms with van der Waals surface area (Å²) in [7, 11) is 1.45. The van der Waals surface area contributed by atoms with E-state index in [4.69, 9.17) is 10.5 Å². The Hall–Kier alpha value is -2.29. The second-order valence-electron chi connectivity index (χ2n) is 6.67. The van der Waals surface area contributed by atoms with E-state index in [0.29, 0.717) is 30.7 Å². The number of hydrazone groups is 1. The van der Waals surface area contributed by atoms with Crippen molar-refractivity contribution in [2.45, 2.75) is 23.8 Å². The minimum Gasteiger partial charge on any atom is -0.372 e. The molecular formula is C21H23F2N3O2S. The van der Waals surface area contributed by atoms with Crippen molar-refractivity contribution < 1.29 is 18.3 Å². The molecule has 2 aromatic rings. The highest BCUT2D eigenvalue weighted by Crippen LogP contribution is 2.50. The molecule has 0 aromatic heterocycles. The number of benzene rings is 2. The van der Waals surface area contributed by atoms with Gasteiger partial charge in [0.25, 0.3) is 0 Å². The maximum absolute atomic E-state index is 14.5. The van der Waals surface area contributed by atoms with Crippen molar-refractivity contribution in [3.05, 3.63) is 71.3 Å². The predicted molar refractivity (Wildman–Crippen MR) is 110 cm³/mol. The summed E-state index contributed by atoms with van der Waals surface area (Å²) in [5.41, 5.74) is 6.80. The van der Waals surface area contributed by atoms with E-state index >= 15 is 0 Å². The first-order valence-electron chi connectivity index (χ1n) is 9.28. The number of hydrogen-bond acceptors (Lipinski definition) is 6. The van der Waals surface area contributed by atoms with Gasteiger partial charge in [0.1, 0.15) is 27.7 Å². The van der Waals surface area contributed by atoms with Crippen molar-refractivity contribution in [3.8, 4) is 0 Å². The lowest BCUT2D eigenvalue weighted by atomic mass is 10.00. The van der Waals surface area contributed by atoms with Gasteiger partial charge in [-0.25, -0.2) is 8.78 Å². The summed E-state index contributed by atoms with van der Waals surface area (Å²) in [6.45, 7) is 0.640. The summed E-state index contributed by atoms with van der Waals surface area (Å²) in [6, 6.07) is 12.9. The van der Waals surface area contributed by atoms with Crippen LogP contribution in [0, 0.1) is 11.6 Å². The lowest BCUT2D eigenvalue weighted by Gasteiger charge is -2.38. The molecule has 2 aromatic carbocycles. The Labute approximate surface area is 172 Å². The van der Waals surface area contributed by atoms with Gasteiger partial charge >= 0.3 is 0 Å². The van der Waals surface area contributed by atoms with E-state index in [1.54, 1.807) is 5.01 Å². The van der Waals surface area contributed by atoms with Crippen LogP contribution in [0.15, 0.2) is 53.6 Å². The van der Waals surface area contributed by atoms with Gasteiger partial charge in [0.2, 0.25) is 0 Å². The average molecular weight is 419 g/mol. The first-order chi connectivity index (χ1) is 14.0. The van der Waals surface area contributed by atoms with E-state index in [1.165, 1.54) is 18.9 Å². The minimum atomic E-state index is -0.714. The van der Waals surface area contributed by atoms with Gasteiger partial charge in [-0.1, -0.05) is 42.1 Å². The molecule has 0 amide bonds. The van der Waals surface area contributed by atoms with Crippen LogP contribution in [0.5, 0.6) is 0 Å². The number of thioether (sulfide) groups is 1. The van der Waals surface area contributed by atoms with Crippen molar-refractivity contribution in [3.63, 3.8) is 0 Å². The van der Waals surface area contributed by atoms with E-state index in [2.05, 4.69) is 5.10 Å². The van der Waals surface area contributed by atoms with Gasteiger partial charge in [-0.3, -0.25) is 5.01 Å². The van der Waals surface area contributed by atoms with E-state index in [1.807, 2.05) is 30.3 Å². The Morgan fingerprint density at radius 3 is 2.69 bits per heavy atom. The quantitative estimate of drug-likeness (QED) is 0.631. The Morgan fingerprint density at radius 1 is 1.28 bits per heavy atom. The normalized spacial score (nSPS) is 19.9. The molecular weight excluding hydrogens is 396 g/mol. The fourth-order valence-electron chi connectivity index (χ4n) is 3.30. The van der Waals surface area contributed by atoms with E-state index in [-0.39, 0.29) is 12.1 Å². The first kappa shape index (κ1) is 21.4. The molecule has 0 saturated carbocycles. The van der Waals surface area contributed by atoms with Crippen LogP contribution in [0.2, 0.25) is 0 Å². The molecule has 0 bridgehead atoms. The zero-order valence-electron chi connectivity index (χ0n) is 16.1. The van der Waals surface area contributed by atoms with Gasteiger partial charge in [0.05, 0.1) is 6.54 Å². The smallest absolute Gasteiger partial charge is 0.150 e. The SMILES string of the molecule is CO[C@H](C=O)CN1N=C(c2cc(F)ccc2F)S[C@@]1(CCCN)c1ccccc1. The summed E-state index contributed by atoms with van der Waals surface area (Å²) >= 11 is 1.34. The van der Waals surface area contributed by atoms with E-state index < -0.39 is 22.6 Å². The van der Waals surface area contributed by atoms with Gasteiger partial charge in [-0.05, 0) is 43.1 Å². The number of rotatable bonds is 9. The maximum atomic E-state index is 14.5. The number of aldehydes is 1. The van der Waals surface area contributed by atoms with Crippen LogP contribution in [0.25, 0.3) is 0 Å². The average Bonchev–Trinajstić information content (AvgIpc) is 3.12. The zero-order valence-corrected chi connectivity index (χ0v) is 16.9. The first-order valence-corrected chi connectivity index (χ1v) is 10.1. The summed E-state index contributed by atoms with van der Waals surface area (Å²) < 4.78 is 33.5. The number of nitrogens with zero attached hydrogens (tertiary/aromatic N) is 2. The fourth-order valence-corrected chi connectivity index (χ4v) is 4.74. The Kier molecular flexibility index (Phi) is 7.00. The lowest BCUT2D eigenvalue weighted by molar-refractivity contribution is -0.118. The molecule has 154 valence electrons. The molecule has 3 rings (SSSR count). The molecule has 0 radical (unpaired) electrons. The van der Waals surface area contributed by atoms with Crippen LogP contribution >= 0.6 is 11.8 Å².